The van der Waals surface area contributed by atoms with Crippen molar-refractivity contribution < 1.29 is 13.3 Å². The van der Waals surface area contributed by atoms with E-state index >= 15 is 0 Å². The summed E-state index contributed by atoms with van der Waals surface area (Å²) in [7, 11) is -1.09. The maximum Gasteiger partial charge on any atom is 0.142 e. The molecule has 3 aromatic heterocycles. The largest absolute Gasteiger partial charge is 0.456 e. The minimum absolute atomic E-state index is 0.870. The SMILES string of the molecule is c1ccc2oc(P(c3cc4ccccc4o3)c3cc4ccccc4o3)cc2c1. The third kappa shape index (κ3) is 2.48. The highest BCUT2D eigenvalue weighted by atomic mass is 31.1. The highest BCUT2D eigenvalue weighted by Crippen LogP contribution is 2.38. The van der Waals surface area contributed by atoms with Crippen molar-refractivity contribution >= 4 is 57.3 Å². The average Bonchev–Trinajstić information content (AvgIpc) is 3.44. The summed E-state index contributed by atoms with van der Waals surface area (Å²) in [5.41, 5.74) is 5.23. The van der Waals surface area contributed by atoms with Gasteiger partial charge in [-0.3, -0.25) is 0 Å². The third-order valence-corrected chi connectivity index (χ3v) is 6.88. The second kappa shape index (κ2) is 6.12. The predicted octanol–water partition coefficient (Wildman–Crippen LogP) is 5.68. The normalized spacial score (nSPS) is 11.9. The van der Waals surface area contributed by atoms with Crippen molar-refractivity contribution in [3.63, 3.8) is 0 Å². The Balaban J connectivity index is 1.60. The third-order valence-electron chi connectivity index (χ3n) is 4.90. The average molecular weight is 382 g/mol. The summed E-state index contributed by atoms with van der Waals surface area (Å²) in [6, 6.07) is 30.5. The standard InChI is InChI=1S/C24H15O3P/c1-4-10-19-16(7-1)13-22(25-19)28(23-14-17-8-2-5-11-20(17)26-23)24-15-18-9-3-6-12-21(18)27-24/h1-15H. The molecule has 4 heteroatoms. The number of para-hydroxylation sites is 3. The molecule has 0 radical (unpaired) electrons. The van der Waals surface area contributed by atoms with Gasteiger partial charge in [0.25, 0.3) is 0 Å². The lowest BCUT2D eigenvalue weighted by atomic mass is 10.3. The summed E-state index contributed by atoms with van der Waals surface area (Å²) in [5, 5.41) is 3.24. The molecule has 0 atom stereocenters. The first-order valence-corrected chi connectivity index (χ1v) is 10.5. The summed E-state index contributed by atoms with van der Waals surface area (Å²) in [5.74, 6) is 0. The molecule has 0 aliphatic rings. The number of rotatable bonds is 3. The first-order valence-electron chi connectivity index (χ1n) is 9.11. The monoisotopic (exact) mass is 382 g/mol. The van der Waals surface area contributed by atoms with E-state index in [0.717, 1.165) is 49.4 Å². The van der Waals surface area contributed by atoms with Crippen LogP contribution in [-0.4, -0.2) is 0 Å². The van der Waals surface area contributed by atoms with Crippen LogP contribution < -0.4 is 16.5 Å². The van der Waals surface area contributed by atoms with Crippen molar-refractivity contribution in [3.05, 3.63) is 91.0 Å². The van der Waals surface area contributed by atoms with Gasteiger partial charge in [0.15, 0.2) is 0 Å². The molecular formula is C24H15O3P. The Morgan fingerprint density at radius 3 is 1.07 bits per heavy atom. The molecule has 0 fully saturated rings. The molecular weight excluding hydrogens is 367 g/mol. The highest BCUT2D eigenvalue weighted by Gasteiger charge is 2.28. The highest BCUT2D eigenvalue weighted by molar-refractivity contribution is 7.78. The summed E-state index contributed by atoms with van der Waals surface area (Å²) in [6.45, 7) is 0. The molecule has 3 nitrogen and oxygen atoms in total. The molecule has 3 aromatic carbocycles. The Morgan fingerprint density at radius 2 is 0.750 bits per heavy atom. The minimum Gasteiger partial charge on any atom is -0.456 e. The number of hydrogen-bond donors (Lipinski definition) is 0. The lowest BCUT2D eigenvalue weighted by molar-refractivity contribution is 0.634. The van der Waals surface area contributed by atoms with Crippen LogP contribution in [0, 0.1) is 0 Å². The van der Waals surface area contributed by atoms with Gasteiger partial charge in [-0.05, 0) is 36.4 Å². The van der Waals surface area contributed by atoms with Crippen LogP contribution >= 0.6 is 7.92 Å². The Kier molecular flexibility index (Phi) is 3.44. The maximum atomic E-state index is 6.24. The molecule has 134 valence electrons. The topological polar surface area (TPSA) is 39.4 Å². The molecule has 0 saturated heterocycles. The molecule has 0 unspecified atom stereocenters. The Labute approximate surface area is 161 Å². The number of fused-ring (bicyclic) bond motifs is 3. The quantitative estimate of drug-likeness (QED) is 0.370. The molecule has 0 spiro atoms. The van der Waals surface area contributed by atoms with E-state index in [1.807, 2.05) is 54.6 Å². The van der Waals surface area contributed by atoms with Crippen LogP contribution in [0.1, 0.15) is 0 Å². The van der Waals surface area contributed by atoms with Crippen LogP contribution in [0.15, 0.2) is 104 Å². The predicted molar refractivity (Wildman–Crippen MR) is 114 cm³/mol. The molecule has 3 heterocycles. The maximum absolute atomic E-state index is 6.24. The van der Waals surface area contributed by atoms with Crippen LogP contribution in [0.25, 0.3) is 32.9 Å². The zero-order valence-electron chi connectivity index (χ0n) is 14.8. The molecule has 0 aliphatic carbocycles. The van der Waals surface area contributed by atoms with Gasteiger partial charge in [-0.15, -0.1) is 0 Å². The molecule has 0 N–H and O–H groups in total. The van der Waals surface area contributed by atoms with Gasteiger partial charge in [0, 0.05) is 16.2 Å². The second-order valence-electron chi connectivity index (χ2n) is 6.70. The number of furan rings is 3. The summed E-state index contributed by atoms with van der Waals surface area (Å²) >= 11 is 0. The fraction of sp³-hybridized carbons (Fsp3) is 0. The van der Waals surface area contributed by atoms with E-state index in [1.165, 1.54) is 0 Å². The van der Waals surface area contributed by atoms with Crippen molar-refractivity contribution in [1.29, 1.82) is 0 Å². The van der Waals surface area contributed by atoms with Crippen molar-refractivity contribution in [2.75, 3.05) is 0 Å². The smallest absolute Gasteiger partial charge is 0.142 e. The summed E-state index contributed by atoms with van der Waals surface area (Å²) in [6.07, 6.45) is 0. The number of hydrogen-bond acceptors (Lipinski definition) is 3. The molecule has 0 aliphatic heterocycles. The van der Waals surface area contributed by atoms with Crippen molar-refractivity contribution in [2.24, 2.45) is 0 Å². The lowest BCUT2D eigenvalue weighted by Crippen LogP contribution is -2.17. The lowest BCUT2D eigenvalue weighted by Gasteiger charge is -2.08. The Hall–Kier alpha value is -3.29. The van der Waals surface area contributed by atoms with Gasteiger partial charge < -0.3 is 13.3 Å². The van der Waals surface area contributed by atoms with E-state index < -0.39 is 7.92 Å². The Morgan fingerprint density at radius 1 is 0.429 bits per heavy atom. The molecule has 6 aromatic rings. The molecule has 0 bridgehead atoms. The van der Waals surface area contributed by atoms with E-state index in [-0.39, 0.29) is 0 Å². The van der Waals surface area contributed by atoms with Gasteiger partial charge in [0.1, 0.15) is 41.2 Å². The van der Waals surface area contributed by atoms with Gasteiger partial charge in [0.05, 0.1) is 0 Å². The van der Waals surface area contributed by atoms with E-state index in [1.54, 1.807) is 0 Å². The first-order chi connectivity index (χ1) is 13.8. The summed E-state index contributed by atoms with van der Waals surface area (Å²) in [4.78, 5) is 0. The second-order valence-corrected chi connectivity index (χ2v) is 8.70. The Bertz CT molecular complexity index is 1160. The van der Waals surface area contributed by atoms with Crippen molar-refractivity contribution in [1.82, 2.24) is 0 Å². The molecule has 28 heavy (non-hydrogen) atoms. The van der Waals surface area contributed by atoms with Crippen LogP contribution in [-0.2, 0) is 0 Å². The van der Waals surface area contributed by atoms with Gasteiger partial charge in [-0.1, -0.05) is 54.6 Å². The van der Waals surface area contributed by atoms with Gasteiger partial charge in [0.2, 0.25) is 0 Å². The van der Waals surface area contributed by atoms with Crippen molar-refractivity contribution in [3.8, 4) is 0 Å². The molecule has 6 rings (SSSR count). The van der Waals surface area contributed by atoms with E-state index in [2.05, 4.69) is 36.4 Å². The van der Waals surface area contributed by atoms with E-state index in [0.29, 0.717) is 0 Å². The van der Waals surface area contributed by atoms with Crippen LogP contribution in [0.4, 0.5) is 0 Å². The van der Waals surface area contributed by atoms with Gasteiger partial charge in [-0.2, -0.15) is 0 Å². The van der Waals surface area contributed by atoms with Crippen molar-refractivity contribution in [2.45, 2.75) is 0 Å². The molecule has 0 saturated carbocycles. The zero-order valence-corrected chi connectivity index (χ0v) is 15.7. The number of benzene rings is 3. The van der Waals surface area contributed by atoms with E-state index in [4.69, 9.17) is 13.3 Å². The molecule has 0 amide bonds. The minimum atomic E-state index is -1.09. The fourth-order valence-electron chi connectivity index (χ4n) is 3.56. The zero-order chi connectivity index (χ0) is 18.5. The van der Waals surface area contributed by atoms with Gasteiger partial charge in [-0.25, -0.2) is 0 Å². The van der Waals surface area contributed by atoms with Gasteiger partial charge >= 0.3 is 0 Å². The first kappa shape index (κ1) is 15.7. The fourth-order valence-corrected chi connectivity index (χ4v) is 5.59. The van der Waals surface area contributed by atoms with Crippen LogP contribution in [0.5, 0.6) is 0 Å². The van der Waals surface area contributed by atoms with E-state index in [9.17, 15) is 0 Å². The van der Waals surface area contributed by atoms with Crippen LogP contribution in [0.3, 0.4) is 0 Å². The summed E-state index contributed by atoms with van der Waals surface area (Å²) < 4.78 is 18.7. The van der Waals surface area contributed by atoms with Crippen LogP contribution in [0.2, 0.25) is 0 Å².